The van der Waals surface area contributed by atoms with Gasteiger partial charge in [-0.1, -0.05) is 0 Å². The monoisotopic (exact) mass is 165 g/mol. The Bertz CT molecular complexity index is 262. The highest BCUT2D eigenvalue weighted by molar-refractivity contribution is 5.70. The number of hydrogen-bond donors (Lipinski definition) is 0. The summed E-state index contributed by atoms with van der Waals surface area (Å²) in [6, 6.07) is 3.65. The zero-order valence-corrected chi connectivity index (χ0v) is 6.77. The summed E-state index contributed by atoms with van der Waals surface area (Å²) in [6.07, 6.45) is 6.36. The van der Waals surface area contributed by atoms with Crippen molar-refractivity contribution < 1.29 is 9.63 Å². The molecule has 1 aliphatic rings. The molecule has 1 aromatic rings. The maximum Gasteiger partial charge on any atom is 0.333 e. The fourth-order valence-corrected chi connectivity index (χ4v) is 1.09. The molecule has 1 heterocycles. The lowest BCUT2D eigenvalue weighted by Gasteiger charge is -2.02. The van der Waals surface area contributed by atoms with Gasteiger partial charge in [0.05, 0.1) is 6.42 Å². The first-order chi connectivity index (χ1) is 5.84. The smallest absolute Gasteiger partial charge is 0.333 e. The molecule has 0 aliphatic heterocycles. The van der Waals surface area contributed by atoms with Gasteiger partial charge in [-0.25, -0.2) is 4.79 Å². The number of carbonyl (C=O) groups excluding carboxylic acids is 1. The molecule has 0 radical (unpaired) electrons. The largest absolute Gasteiger partial charge is 0.337 e. The Labute approximate surface area is 70.9 Å². The molecule has 1 aliphatic carbocycles. The fraction of sp³-hybridized carbons (Fsp3) is 0.444. The van der Waals surface area contributed by atoms with E-state index in [1.807, 2.05) is 12.1 Å². The van der Waals surface area contributed by atoms with Crippen LogP contribution in [0, 0.1) is 5.92 Å². The van der Waals surface area contributed by atoms with Gasteiger partial charge < -0.3 is 4.84 Å². The van der Waals surface area contributed by atoms with Crippen molar-refractivity contribution in [1.29, 1.82) is 0 Å². The third kappa shape index (κ3) is 1.87. The van der Waals surface area contributed by atoms with Crippen LogP contribution < -0.4 is 4.84 Å². The van der Waals surface area contributed by atoms with Gasteiger partial charge in [0, 0.05) is 12.4 Å². The van der Waals surface area contributed by atoms with Gasteiger partial charge in [-0.15, -0.1) is 0 Å². The molecule has 3 nitrogen and oxygen atoms in total. The zero-order valence-electron chi connectivity index (χ0n) is 6.77. The van der Waals surface area contributed by atoms with Gasteiger partial charge in [0.15, 0.2) is 0 Å². The quantitative estimate of drug-likeness (QED) is 0.674. The fourth-order valence-electron chi connectivity index (χ4n) is 1.09. The topological polar surface area (TPSA) is 31.2 Å². The molecule has 12 heavy (non-hydrogen) atoms. The summed E-state index contributed by atoms with van der Waals surface area (Å²) in [5, 5.41) is 0. The second-order valence-corrected chi connectivity index (χ2v) is 3.15. The van der Waals surface area contributed by atoms with E-state index in [1.165, 1.54) is 17.6 Å². The highest BCUT2D eigenvalue weighted by atomic mass is 16.7. The Morgan fingerprint density at radius 1 is 1.42 bits per heavy atom. The maximum absolute atomic E-state index is 11.1. The number of rotatable bonds is 3. The van der Waals surface area contributed by atoms with Gasteiger partial charge in [-0.2, -0.15) is 4.73 Å². The maximum atomic E-state index is 11.1. The molecule has 1 fully saturated rings. The van der Waals surface area contributed by atoms with Crippen LogP contribution in [0.4, 0.5) is 0 Å². The lowest BCUT2D eigenvalue weighted by Crippen LogP contribution is -2.18. The number of hydrogen-bond acceptors (Lipinski definition) is 2. The Balaban J connectivity index is 1.82. The second kappa shape index (κ2) is 3.01. The molecule has 0 aromatic carbocycles. The molecule has 2 rings (SSSR count). The molecule has 0 saturated heterocycles. The second-order valence-electron chi connectivity index (χ2n) is 3.15. The average Bonchev–Trinajstić information content (AvgIpc) is 2.66. The van der Waals surface area contributed by atoms with Crippen LogP contribution in [0.15, 0.2) is 24.5 Å². The summed E-state index contributed by atoms with van der Waals surface area (Å²) >= 11 is 0. The van der Waals surface area contributed by atoms with E-state index in [2.05, 4.69) is 0 Å². The van der Waals surface area contributed by atoms with Crippen LogP contribution in [-0.4, -0.2) is 10.7 Å². The predicted octanol–water partition coefficient (Wildman–Crippen LogP) is 1.24. The van der Waals surface area contributed by atoms with Crippen LogP contribution in [0.25, 0.3) is 0 Å². The van der Waals surface area contributed by atoms with E-state index in [-0.39, 0.29) is 5.97 Å². The van der Waals surface area contributed by atoms with Crippen molar-refractivity contribution in [2.45, 2.75) is 19.3 Å². The van der Waals surface area contributed by atoms with E-state index < -0.39 is 0 Å². The first kappa shape index (κ1) is 7.40. The van der Waals surface area contributed by atoms with Gasteiger partial charge in [0.1, 0.15) is 0 Å². The molecular formula is C9H11NO2. The molecule has 3 heteroatoms. The van der Waals surface area contributed by atoms with Crippen LogP contribution in [0.1, 0.15) is 19.3 Å². The Morgan fingerprint density at radius 2 is 2.08 bits per heavy atom. The molecule has 0 N–H and O–H groups in total. The van der Waals surface area contributed by atoms with E-state index in [1.54, 1.807) is 12.4 Å². The molecule has 64 valence electrons. The Kier molecular flexibility index (Phi) is 1.86. The van der Waals surface area contributed by atoms with E-state index >= 15 is 0 Å². The Morgan fingerprint density at radius 3 is 2.67 bits per heavy atom. The molecule has 0 unspecified atom stereocenters. The van der Waals surface area contributed by atoms with Gasteiger partial charge >= 0.3 is 5.97 Å². The summed E-state index contributed by atoms with van der Waals surface area (Å²) in [7, 11) is 0. The first-order valence-corrected chi connectivity index (χ1v) is 4.19. The summed E-state index contributed by atoms with van der Waals surface area (Å²) in [5.74, 6) is 0.460. The molecule has 0 amide bonds. The van der Waals surface area contributed by atoms with Crippen molar-refractivity contribution in [3.8, 4) is 0 Å². The van der Waals surface area contributed by atoms with Crippen molar-refractivity contribution in [3.63, 3.8) is 0 Å². The normalized spacial score (nSPS) is 16.0. The average molecular weight is 165 g/mol. The van der Waals surface area contributed by atoms with Crippen molar-refractivity contribution >= 4 is 5.97 Å². The van der Waals surface area contributed by atoms with Crippen LogP contribution in [0.2, 0.25) is 0 Å². The molecule has 0 spiro atoms. The predicted molar refractivity (Wildman–Crippen MR) is 43.4 cm³/mol. The van der Waals surface area contributed by atoms with E-state index in [4.69, 9.17) is 4.84 Å². The van der Waals surface area contributed by atoms with Crippen LogP contribution in [-0.2, 0) is 4.79 Å². The SMILES string of the molecule is O=C(CC1CC1)On1cccc1. The van der Waals surface area contributed by atoms with Crippen LogP contribution in [0.3, 0.4) is 0 Å². The van der Waals surface area contributed by atoms with Crippen LogP contribution in [0.5, 0.6) is 0 Å². The van der Waals surface area contributed by atoms with Gasteiger partial charge in [-0.05, 0) is 30.9 Å². The van der Waals surface area contributed by atoms with Crippen molar-refractivity contribution in [2.24, 2.45) is 5.92 Å². The van der Waals surface area contributed by atoms with Crippen molar-refractivity contribution in [2.75, 3.05) is 0 Å². The summed E-state index contributed by atoms with van der Waals surface area (Å²) < 4.78 is 1.44. The minimum absolute atomic E-state index is 0.131. The lowest BCUT2D eigenvalue weighted by atomic mass is 10.3. The van der Waals surface area contributed by atoms with Gasteiger partial charge in [-0.3, -0.25) is 0 Å². The number of aromatic nitrogens is 1. The molecule has 1 saturated carbocycles. The number of nitrogens with zero attached hydrogens (tertiary/aromatic N) is 1. The standard InChI is InChI=1S/C9H11NO2/c11-9(7-8-3-4-8)12-10-5-1-2-6-10/h1-2,5-6,8H,3-4,7H2. The van der Waals surface area contributed by atoms with Crippen LogP contribution >= 0.6 is 0 Å². The van der Waals surface area contributed by atoms with E-state index in [9.17, 15) is 4.79 Å². The third-order valence-corrected chi connectivity index (χ3v) is 1.94. The molecular weight excluding hydrogens is 154 g/mol. The minimum Gasteiger partial charge on any atom is -0.337 e. The number of carbonyl (C=O) groups is 1. The third-order valence-electron chi connectivity index (χ3n) is 1.94. The van der Waals surface area contributed by atoms with E-state index in [0.29, 0.717) is 12.3 Å². The Hall–Kier alpha value is -1.25. The minimum atomic E-state index is -0.131. The summed E-state index contributed by atoms with van der Waals surface area (Å²) in [6.45, 7) is 0. The summed E-state index contributed by atoms with van der Waals surface area (Å²) in [5.41, 5.74) is 0. The van der Waals surface area contributed by atoms with Crippen molar-refractivity contribution in [3.05, 3.63) is 24.5 Å². The van der Waals surface area contributed by atoms with E-state index in [0.717, 1.165) is 0 Å². The highest BCUT2D eigenvalue weighted by Crippen LogP contribution is 2.32. The molecule has 0 bridgehead atoms. The van der Waals surface area contributed by atoms with Gasteiger partial charge in [0.25, 0.3) is 0 Å². The molecule has 1 aromatic heterocycles. The molecule has 0 atom stereocenters. The van der Waals surface area contributed by atoms with Gasteiger partial charge in [0.2, 0.25) is 0 Å². The summed E-state index contributed by atoms with van der Waals surface area (Å²) in [4.78, 5) is 16.1. The highest BCUT2D eigenvalue weighted by Gasteiger charge is 2.25. The zero-order chi connectivity index (χ0) is 8.39. The first-order valence-electron chi connectivity index (χ1n) is 4.19. The lowest BCUT2D eigenvalue weighted by molar-refractivity contribution is -0.144. The van der Waals surface area contributed by atoms with Crippen molar-refractivity contribution in [1.82, 2.24) is 4.73 Å².